The lowest BCUT2D eigenvalue weighted by Gasteiger charge is -2.23. The molecule has 20 heavy (non-hydrogen) atoms. The van der Waals surface area contributed by atoms with Crippen LogP contribution < -0.4 is 5.32 Å². The summed E-state index contributed by atoms with van der Waals surface area (Å²) in [6.07, 6.45) is 0.442. The van der Waals surface area contributed by atoms with Crippen LogP contribution in [0.1, 0.15) is 40.5 Å². The zero-order chi connectivity index (χ0) is 15.3. The number of aliphatic carboxylic acids is 1. The molecular formula is C14H26N2O4. The molecule has 1 aliphatic heterocycles. The Balaban J connectivity index is 2.34. The van der Waals surface area contributed by atoms with Gasteiger partial charge >= 0.3 is 12.1 Å². The van der Waals surface area contributed by atoms with Crippen LogP contribution in [0.15, 0.2) is 0 Å². The van der Waals surface area contributed by atoms with Crippen LogP contribution in [0.25, 0.3) is 0 Å². The van der Waals surface area contributed by atoms with Crippen molar-refractivity contribution in [3.8, 4) is 0 Å². The van der Waals surface area contributed by atoms with E-state index in [4.69, 9.17) is 9.84 Å². The van der Waals surface area contributed by atoms with E-state index in [0.717, 1.165) is 19.6 Å². The highest BCUT2D eigenvalue weighted by molar-refractivity contribution is 5.68. The van der Waals surface area contributed by atoms with Gasteiger partial charge in [-0.2, -0.15) is 0 Å². The van der Waals surface area contributed by atoms with Gasteiger partial charge in [0.25, 0.3) is 0 Å². The Labute approximate surface area is 120 Å². The van der Waals surface area contributed by atoms with Crippen molar-refractivity contribution in [1.82, 2.24) is 10.2 Å². The second kappa shape index (κ2) is 6.92. The number of hydrogen-bond acceptors (Lipinski definition) is 4. The number of likely N-dealkylation sites (tertiary alicyclic amines) is 1. The number of carboxylic acid groups (broad SMARTS) is 1. The average molecular weight is 286 g/mol. The van der Waals surface area contributed by atoms with Gasteiger partial charge in [0.1, 0.15) is 5.60 Å². The first-order valence-electron chi connectivity index (χ1n) is 7.11. The fourth-order valence-electron chi connectivity index (χ4n) is 2.35. The maximum absolute atomic E-state index is 11.7. The second-order valence-corrected chi connectivity index (χ2v) is 6.49. The fraction of sp³-hybridized carbons (Fsp3) is 0.857. The van der Waals surface area contributed by atoms with E-state index in [-0.39, 0.29) is 18.6 Å². The van der Waals surface area contributed by atoms with Crippen molar-refractivity contribution in [3.63, 3.8) is 0 Å². The van der Waals surface area contributed by atoms with Gasteiger partial charge < -0.3 is 20.1 Å². The minimum Gasteiger partial charge on any atom is -0.481 e. The van der Waals surface area contributed by atoms with Crippen molar-refractivity contribution < 1.29 is 19.4 Å². The van der Waals surface area contributed by atoms with Crippen LogP contribution in [0, 0.1) is 5.92 Å². The SMILES string of the molecule is C[C@@H]1CN(CCCC(=O)O)C[C@@H]1NC(=O)OC(C)(C)C. The average Bonchev–Trinajstić information content (AvgIpc) is 2.55. The van der Waals surface area contributed by atoms with Crippen LogP contribution >= 0.6 is 0 Å². The van der Waals surface area contributed by atoms with Gasteiger partial charge in [-0.1, -0.05) is 6.92 Å². The molecule has 1 aliphatic rings. The summed E-state index contributed by atoms with van der Waals surface area (Å²) >= 11 is 0. The Bertz CT molecular complexity index is 352. The maximum Gasteiger partial charge on any atom is 0.407 e. The lowest BCUT2D eigenvalue weighted by molar-refractivity contribution is -0.137. The number of rotatable bonds is 5. The Morgan fingerprint density at radius 1 is 1.35 bits per heavy atom. The summed E-state index contributed by atoms with van der Waals surface area (Å²) < 4.78 is 5.25. The molecule has 6 nitrogen and oxygen atoms in total. The van der Waals surface area contributed by atoms with Crippen LogP contribution in [0.4, 0.5) is 4.79 Å². The molecule has 0 aromatic carbocycles. The highest BCUT2D eigenvalue weighted by atomic mass is 16.6. The number of nitrogens with one attached hydrogen (secondary N) is 1. The number of carbonyl (C=O) groups is 2. The van der Waals surface area contributed by atoms with Crippen molar-refractivity contribution >= 4 is 12.1 Å². The third-order valence-electron chi connectivity index (χ3n) is 3.26. The van der Waals surface area contributed by atoms with E-state index in [1.165, 1.54) is 0 Å². The van der Waals surface area contributed by atoms with Crippen LogP contribution in [-0.2, 0) is 9.53 Å². The smallest absolute Gasteiger partial charge is 0.407 e. The monoisotopic (exact) mass is 286 g/mol. The number of carboxylic acids is 1. The van der Waals surface area contributed by atoms with E-state index in [2.05, 4.69) is 17.1 Å². The number of alkyl carbamates (subject to hydrolysis) is 1. The van der Waals surface area contributed by atoms with Gasteiger partial charge in [-0.15, -0.1) is 0 Å². The molecule has 0 bridgehead atoms. The van der Waals surface area contributed by atoms with Gasteiger partial charge in [0, 0.05) is 25.6 Å². The van der Waals surface area contributed by atoms with Crippen LogP contribution in [0.2, 0.25) is 0 Å². The molecule has 116 valence electrons. The molecule has 0 radical (unpaired) electrons. The molecule has 1 rings (SSSR count). The minimum absolute atomic E-state index is 0.0645. The molecule has 1 heterocycles. The summed E-state index contributed by atoms with van der Waals surface area (Å²) in [6.45, 7) is 9.97. The third kappa shape index (κ3) is 6.23. The number of amides is 1. The Hall–Kier alpha value is -1.30. The van der Waals surface area contributed by atoms with Crippen LogP contribution in [0.3, 0.4) is 0 Å². The molecule has 1 fully saturated rings. The molecule has 1 amide bonds. The van der Waals surface area contributed by atoms with Crippen molar-refractivity contribution in [2.24, 2.45) is 5.92 Å². The van der Waals surface area contributed by atoms with Crippen molar-refractivity contribution in [1.29, 1.82) is 0 Å². The van der Waals surface area contributed by atoms with Crippen molar-refractivity contribution in [3.05, 3.63) is 0 Å². The van der Waals surface area contributed by atoms with Crippen molar-refractivity contribution in [2.75, 3.05) is 19.6 Å². The predicted octanol–water partition coefficient (Wildman–Crippen LogP) is 1.70. The molecule has 0 aromatic rings. The lowest BCUT2D eigenvalue weighted by atomic mass is 10.1. The van der Waals surface area contributed by atoms with Gasteiger partial charge in [0.05, 0.1) is 0 Å². The Kier molecular flexibility index (Phi) is 5.80. The van der Waals surface area contributed by atoms with Gasteiger partial charge in [-0.25, -0.2) is 4.79 Å². The first-order valence-corrected chi connectivity index (χ1v) is 7.11. The summed E-state index contributed by atoms with van der Waals surface area (Å²) in [5.74, 6) is -0.423. The Morgan fingerprint density at radius 3 is 2.55 bits per heavy atom. The highest BCUT2D eigenvalue weighted by Gasteiger charge is 2.31. The number of ether oxygens (including phenoxy) is 1. The fourth-order valence-corrected chi connectivity index (χ4v) is 2.35. The summed E-state index contributed by atoms with van der Waals surface area (Å²) in [5, 5.41) is 11.5. The van der Waals surface area contributed by atoms with E-state index in [9.17, 15) is 9.59 Å². The van der Waals surface area contributed by atoms with Gasteiger partial charge in [0.2, 0.25) is 0 Å². The van der Waals surface area contributed by atoms with Gasteiger partial charge in [0.15, 0.2) is 0 Å². The standard InChI is InChI=1S/C14H26N2O4/c1-10-8-16(7-5-6-12(17)18)9-11(10)15-13(19)20-14(2,3)4/h10-11H,5-9H2,1-4H3,(H,15,19)(H,17,18)/t10-,11+/m1/s1. The molecule has 0 spiro atoms. The topological polar surface area (TPSA) is 78.9 Å². The Morgan fingerprint density at radius 2 is 2.00 bits per heavy atom. The largest absolute Gasteiger partial charge is 0.481 e. The first-order chi connectivity index (χ1) is 9.17. The number of nitrogens with zero attached hydrogens (tertiary/aromatic N) is 1. The molecule has 0 aliphatic carbocycles. The van der Waals surface area contributed by atoms with E-state index >= 15 is 0 Å². The van der Waals surface area contributed by atoms with E-state index < -0.39 is 11.6 Å². The third-order valence-corrected chi connectivity index (χ3v) is 3.26. The van der Waals surface area contributed by atoms with Gasteiger partial charge in [-0.3, -0.25) is 4.79 Å². The number of hydrogen-bond donors (Lipinski definition) is 2. The van der Waals surface area contributed by atoms with E-state index in [1.54, 1.807) is 0 Å². The zero-order valence-corrected chi connectivity index (χ0v) is 12.8. The molecule has 0 saturated carbocycles. The quantitative estimate of drug-likeness (QED) is 0.804. The minimum atomic E-state index is -0.763. The molecular weight excluding hydrogens is 260 g/mol. The molecule has 2 N–H and O–H groups in total. The number of carbonyl (C=O) groups excluding carboxylic acids is 1. The molecule has 2 atom stereocenters. The summed E-state index contributed by atoms with van der Waals surface area (Å²) in [5.41, 5.74) is -0.493. The second-order valence-electron chi connectivity index (χ2n) is 6.49. The zero-order valence-electron chi connectivity index (χ0n) is 12.8. The molecule has 0 unspecified atom stereocenters. The molecule has 6 heteroatoms. The highest BCUT2D eigenvalue weighted by Crippen LogP contribution is 2.17. The maximum atomic E-state index is 11.7. The summed E-state index contributed by atoms with van der Waals surface area (Å²) in [4.78, 5) is 24.4. The van der Waals surface area contributed by atoms with Crippen LogP contribution in [-0.4, -0.2) is 53.3 Å². The van der Waals surface area contributed by atoms with Gasteiger partial charge in [-0.05, 0) is 39.7 Å². The van der Waals surface area contributed by atoms with Crippen LogP contribution in [0.5, 0.6) is 0 Å². The van der Waals surface area contributed by atoms with Crippen molar-refractivity contribution in [2.45, 2.75) is 52.2 Å². The first kappa shape index (κ1) is 16.8. The normalized spacial score (nSPS) is 23.6. The predicted molar refractivity (Wildman–Crippen MR) is 75.6 cm³/mol. The molecule has 1 saturated heterocycles. The van der Waals surface area contributed by atoms with E-state index in [1.807, 2.05) is 20.8 Å². The van der Waals surface area contributed by atoms with E-state index in [0.29, 0.717) is 12.3 Å². The summed E-state index contributed by atoms with van der Waals surface area (Å²) in [7, 11) is 0. The summed E-state index contributed by atoms with van der Waals surface area (Å²) in [6, 6.07) is 0.0645. The lowest BCUT2D eigenvalue weighted by Crippen LogP contribution is -2.42. The molecule has 0 aromatic heterocycles.